The second kappa shape index (κ2) is 7.16. The molecular weight excluding hydrogens is 236 g/mol. The highest BCUT2D eigenvalue weighted by Crippen LogP contribution is 2.23. The minimum absolute atomic E-state index is 0.147. The molecule has 0 aliphatic carbocycles. The molecule has 0 spiro atoms. The summed E-state index contributed by atoms with van der Waals surface area (Å²) >= 11 is 0. The van der Waals surface area contributed by atoms with Gasteiger partial charge in [-0.15, -0.1) is 0 Å². The molecule has 3 nitrogen and oxygen atoms in total. The Morgan fingerprint density at radius 3 is 2.53 bits per heavy atom. The predicted molar refractivity (Wildman–Crippen MR) is 78.4 cm³/mol. The molecule has 0 aromatic heterocycles. The van der Waals surface area contributed by atoms with E-state index in [4.69, 9.17) is 10.00 Å². The maximum absolute atomic E-state index is 9.05. The third-order valence-electron chi connectivity index (χ3n) is 3.12. The summed E-state index contributed by atoms with van der Waals surface area (Å²) < 4.78 is 5.82. The van der Waals surface area contributed by atoms with Gasteiger partial charge in [0.15, 0.2) is 0 Å². The molecule has 0 saturated carbocycles. The highest BCUT2D eigenvalue weighted by molar-refractivity contribution is 5.41. The molecule has 1 aromatic rings. The van der Waals surface area contributed by atoms with Crippen molar-refractivity contribution >= 4 is 0 Å². The monoisotopic (exact) mass is 260 g/mol. The molecule has 1 unspecified atom stereocenters. The van der Waals surface area contributed by atoms with Gasteiger partial charge in [0.2, 0.25) is 0 Å². The van der Waals surface area contributed by atoms with Crippen molar-refractivity contribution < 1.29 is 4.74 Å². The predicted octanol–water partition coefficient (Wildman–Crippen LogP) is 3.27. The van der Waals surface area contributed by atoms with Gasteiger partial charge in [-0.2, -0.15) is 5.26 Å². The van der Waals surface area contributed by atoms with Crippen molar-refractivity contribution in [2.45, 2.75) is 53.1 Å². The van der Waals surface area contributed by atoms with Crippen LogP contribution in [-0.2, 0) is 0 Å². The Morgan fingerprint density at radius 2 is 1.95 bits per heavy atom. The second-order valence-corrected chi connectivity index (χ2v) is 5.35. The molecule has 3 heteroatoms. The van der Waals surface area contributed by atoms with Crippen molar-refractivity contribution in [2.24, 2.45) is 0 Å². The molecule has 0 bridgehead atoms. The van der Waals surface area contributed by atoms with Crippen LogP contribution < -0.4 is 10.1 Å². The Morgan fingerprint density at radius 1 is 1.26 bits per heavy atom. The van der Waals surface area contributed by atoms with E-state index in [1.165, 1.54) is 16.7 Å². The van der Waals surface area contributed by atoms with Gasteiger partial charge in [-0.3, -0.25) is 5.32 Å². The molecule has 1 N–H and O–H groups in total. The van der Waals surface area contributed by atoms with E-state index in [-0.39, 0.29) is 6.04 Å². The van der Waals surface area contributed by atoms with Crippen LogP contribution in [0.25, 0.3) is 0 Å². The number of hydrogen-bond donors (Lipinski definition) is 1. The average molecular weight is 260 g/mol. The highest BCUT2D eigenvalue weighted by Gasteiger charge is 2.09. The van der Waals surface area contributed by atoms with Crippen molar-refractivity contribution in [1.82, 2.24) is 5.32 Å². The number of hydrogen-bond acceptors (Lipinski definition) is 3. The van der Waals surface area contributed by atoms with E-state index in [0.717, 1.165) is 5.75 Å². The molecule has 0 amide bonds. The standard InChI is InChI=1S/C16H24N2O/c1-11(2)18-15(10-17)6-7-19-16-9-12(3)8-13(4)14(16)5/h8-9,11,15,18H,6-7H2,1-5H3. The zero-order valence-corrected chi connectivity index (χ0v) is 12.6. The first kappa shape index (κ1) is 15.5. The van der Waals surface area contributed by atoms with E-state index in [0.29, 0.717) is 19.1 Å². The fraction of sp³-hybridized carbons (Fsp3) is 0.562. The molecule has 1 aromatic carbocycles. The number of aryl methyl sites for hydroxylation is 2. The van der Waals surface area contributed by atoms with Crippen molar-refractivity contribution in [3.8, 4) is 11.8 Å². The Bertz CT molecular complexity index is 461. The summed E-state index contributed by atoms with van der Waals surface area (Å²) in [4.78, 5) is 0. The van der Waals surface area contributed by atoms with Crippen molar-refractivity contribution in [3.63, 3.8) is 0 Å². The quantitative estimate of drug-likeness (QED) is 0.853. The third kappa shape index (κ3) is 4.92. The number of ether oxygens (including phenoxy) is 1. The Labute approximate surface area is 116 Å². The Kier molecular flexibility index (Phi) is 5.85. The van der Waals surface area contributed by atoms with Crippen LogP contribution in [0.3, 0.4) is 0 Å². The van der Waals surface area contributed by atoms with Crippen LogP contribution >= 0.6 is 0 Å². The Hall–Kier alpha value is -1.53. The molecule has 0 heterocycles. The fourth-order valence-corrected chi connectivity index (χ4v) is 2.02. The molecule has 19 heavy (non-hydrogen) atoms. The lowest BCUT2D eigenvalue weighted by molar-refractivity contribution is 0.292. The van der Waals surface area contributed by atoms with Gasteiger partial charge in [0, 0.05) is 12.5 Å². The van der Waals surface area contributed by atoms with Crippen LogP contribution in [0, 0.1) is 32.1 Å². The Balaban J connectivity index is 2.56. The number of nitrogens with zero attached hydrogens (tertiary/aromatic N) is 1. The van der Waals surface area contributed by atoms with E-state index in [1.54, 1.807) is 0 Å². The summed E-state index contributed by atoms with van der Waals surface area (Å²) in [6, 6.07) is 6.64. The summed E-state index contributed by atoms with van der Waals surface area (Å²) in [7, 11) is 0. The van der Waals surface area contributed by atoms with E-state index in [1.807, 2.05) is 13.8 Å². The van der Waals surface area contributed by atoms with Gasteiger partial charge in [-0.25, -0.2) is 0 Å². The van der Waals surface area contributed by atoms with Crippen molar-refractivity contribution in [1.29, 1.82) is 5.26 Å². The normalized spacial score (nSPS) is 12.3. The first-order chi connectivity index (χ1) is 8.93. The minimum atomic E-state index is -0.147. The number of rotatable bonds is 6. The lowest BCUT2D eigenvalue weighted by Crippen LogP contribution is -2.34. The van der Waals surface area contributed by atoms with Crippen LogP contribution in [0.4, 0.5) is 0 Å². The van der Waals surface area contributed by atoms with Gasteiger partial charge in [0.25, 0.3) is 0 Å². The van der Waals surface area contributed by atoms with Crippen LogP contribution in [0.15, 0.2) is 12.1 Å². The van der Waals surface area contributed by atoms with Crippen LogP contribution in [-0.4, -0.2) is 18.7 Å². The smallest absolute Gasteiger partial charge is 0.122 e. The van der Waals surface area contributed by atoms with Crippen molar-refractivity contribution in [2.75, 3.05) is 6.61 Å². The van der Waals surface area contributed by atoms with Crippen LogP contribution in [0.2, 0.25) is 0 Å². The van der Waals surface area contributed by atoms with E-state index >= 15 is 0 Å². The van der Waals surface area contributed by atoms with Gasteiger partial charge in [0.05, 0.1) is 18.7 Å². The molecule has 0 saturated heterocycles. The first-order valence-electron chi connectivity index (χ1n) is 6.80. The van der Waals surface area contributed by atoms with Gasteiger partial charge in [-0.1, -0.05) is 6.07 Å². The summed E-state index contributed by atoms with van der Waals surface area (Å²) in [5, 5.41) is 12.3. The zero-order chi connectivity index (χ0) is 14.4. The van der Waals surface area contributed by atoms with E-state index in [9.17, 15) is 0 Å². The molecule has 104 valence electrons. The first-order valence-corrected chi connectivity index (χ1v) is 6.80. The summed E-state index contributed by atoms with van der Waals surface area (Å²) in [6.45, 7) is 10.9. The molecule has 0 fully saturated rings. The minimum Gasteiger partial charge on any atom is -0.493 e. The maximum Gasteiger partial charge on any atom is 0.122 e. The van der Waals surface area contributed by atoms with Crippen molar-refractivity contribution in [3.05, 3.63) is 28.8 Å². The fourth-order valence-electron chi connectivity index (χ4n) is 2.02. The lowest BCUT2D eigenvalue weighted by atomic mass is 10.1. The van der Waals surface area contributed by atoms with Crippen LogP contribution in [0.1, 0.15) is 37.0 Å². The molecule has 0 radical (unpaired) electrons. The van der Waals surface area contributed by atoms with Gasteiger partial charge >= 0.3 is 0 Å². The molecule has 0 aliphatic rings. The van der Waals surface area contributed by atoms with Crippen LogP contribution in [0.5, 0.6) is 5.75 Å². The average Bonchev–Trinajstić information content (AvgIpc) is 2.33. The number of benzene rings is 1. The summed E-state index contributed by atoms with van der Waals surface area (Å²) in [6.07, 6.45) is 0.696. The topological polar surface area (TPSA) is 45.0 Å². The maximum atomic E-state index is 9.05. The zero-order valence-electron chi connectivity index (χ0n) is 12.6. The van der Waals surface area contributed by atoms with Gasteiger partial charge < -0.3 is 4.74 Å². The summed E-state index contributed by atoms with van der Waals surface area (Å²) in [5.41, 5.74) is 3.62. The molecule has 1 rings (SSSR count). The molecule has 1 atom stereocenters. The lowest BCUT2D eigenvalue weighted by Gasteiger charge is -2.16. The largest absolute Gasteiger partial charge is 0.493 e. The summed E-state index contributed by atoms with van der Waals surface area (Å²) in [5.74, 6) is 0.929. The molecular formula is C16H24N2O. The van der Waals surface area contributed by atoms with Gasteiger partial charge in [-0.05, 0) is 57.4 Å². The molecule has 0 aliphatic heterocycles. The van der Waals surface area contributed by atoms with E-state index in [2.05, 4.69) is 44.3 Å². The number of nitrogens with one attached hydrogen (secondary N) is 1. The second-order valence-electron chi connectivity index (χ2n) is 5.35. The highest BCUT2D eigenvalue weighted by atomic mass is 16.5. The number of nitriles is 1. The van der Waals surface area contributed by atoms with Gasteiger partial charge in [0.1, 0.15) is 5.75 Å². The third-order valence-corrected chi connectivity index (χ3v) is 3.12. The van der Waals surface area contributed by atoms with E-state index < -0.39 is 0 Å². The SMILES string of the molecule is Cc1cc(C)c(C)c(OCCC(C#N)NC(C)C)c1.